The third-order valence-corrected chi connectivity index (χ3v) is 4.72. The second kappa shape index (κ2) is 4.84. The van der Waals surface area contributed by atoms with Crippen LogP contribution in [-0.4, -0.2) is 12.6 Å². The molecule has 1 spiro atoms. The maximum Gasteiger partial charge on any atom is 0.338 e. The van der Waals surface area contributed by atoms with E-state index in [9.17, 15) is 4.79 Å². The van der Waals surface area contributed by atoms with Crippen molar-refractivity contribution in [1.29, 1.82) is 0 Å². The predicted octanol–water partition coefficient (Wildman–Crippen LogP) is 3.98. The molecule has 0 saturated heterocycles. The fourth-order valence-corrected chi connectivity index (χ4v) is 3.36. The molecule has 2 heteroatoms. The van der Waals surface area contributed by atoms with Gasteiger partial charge in [0.2, 0.25) is 0 Å². The van der Waals surface area contributed by atoms with Crippen molar-refractivity contribution in [1.82, 2.24) is 0 Å². The van der Waals surface area contributed by atoms with E-state index < -0.39 is 0 Å². The molecular weight excluding hydrogens is 236 g/mol. The van der Waals surface area contributed by atoms with Gasteiger partial charge in [0.15, 0.2) is 0 Å². The molecule has 0 unspecified atom stereocenters. The molecule has 2 atom stereocenters. The van der Waals surface area contributed by atoms with Crippen LogP contribution in [0.5, 0.6) is 0 Å². The number of benzene rings is 1. The van der Waals surface area contributed by atoms with E-state index in [0.717, 1.165) is 0 Å². The molecule has 2 nitrogen and oxygen atoms in total. The summed E-state index contributed by atoms with van der Waals surface area (Å²) < 4.78 is 5.46. The highest BCUT2D eigenvalue weighted by Gasteiger charge is 2.55. The molecule has 0 heterocycles. The van der Waals surface area contributed by atoms with E-state index in [4.69, 9.17) is 4.74 Å². The van der Waals surface area contributed by atoms with Crippen LogP contribution in [0.3, 0.4) is 0 Å². The van der Waals surface area contributed by atoms with Crippen LogP contribution in [0.4, 0.5) is 0 Å². The van der Waals surface area contributed by atoms with Crippen molar-refractivity contribution in [3.63, 3.8) is 0 Å². The van der Waals surface area contributed by atoms with E-state index >= 15 is 0 Å². The highest BCUT2D eigenvalue weighted by Crippen LogP contribution is 2.62. The molecule has 0 aromatic heterocycles. The highest BCUT2D eigenvalue weighted by molar-refractivity contribution is 5.89. The van der Waals surface area contributed by atoms with E-state index in [1.165, 1.54) is 31.3 Å². The summed E-state index contributed by atoms with van der Waals surface area (Å²) in [6.07, 6.45) is 7.31. The number of carbonyl (C=O) groups excluding carboxylic acids is 1. The van der Waals surface area contributed by atoms with Gasteiger partial charge in [-0.15, -0.1) is 0 Å². The zero-order valence-electron chi connectivity index (χ0n) is 11.4. The Kier molecular flexibility index (Phi) is 3.17. The Hall–Kier alpha value is -1.57. The smallest absolute Gasteiger partial charge is 0.338 e. The van der Waals surface area contributed by atoms with Gasteiger partial charge in [-0.3, -0.25) is 0 Å². The number of hydrogen-bond donors (Lipinski definition) is 0. The van der Waals surface area contributed by atoms with E-state index in [0.29, 0.717) is 23.5 Å². The number of allylic oxidation sites excluding steroid dienone is 2. The molecule has 1 saturated carbocycles. The Morgan fingerprint density at radius 3 is 2.89 bits per heavy atom. The summed E-state index contributed by atoms with van der Waals surface area (Å²) in [5.41, 5.74) is 2.53. The number of hydrogen-bond acceptors (Lipinski definition) is 2. The highest BCUT2D eigenvalue weighted by atomic mass is 16.5. The van der Waals surface area contributed by atoms with Gasteiger partial charge in [-0.1, -0.05) is 29.8 Å². The SMILES string of the molecule is CC1=CCCC[C@]12C[C@H]2COC(=O)c1ccccc1. The first kappa shape index (κ1) is 12.5. The van der Waals surface area contributed by atoms with Crippen molar-refractivity contribution in [3.05, 3.63) is 47.5 Å². The standard InChI is InChI=1S/C17H20O2/c1-13-7-5-6-10-17(13)11-15(17)12-19-16(18)14-8-3-2-4-9-14/h2-4,7-9,15H,5-6,10-12H2,1H3/t15-,17-/m0/s1. The van der Waals surface area contributed by atoms with Crippen LogP contribution in [-0.2, 0) is 4.74 Å². The zero-order valence-corrected chi connectivity index (χ0v) is 11.4. The van der Waals surface area contributed by atoms with Gasteiger partial charge >= 0.3 is 5.97 Å². The van der Waals surface area contributed by atoms with Gasteiger partial charge in [0.05, 0.1) is 12.2 Å². The topological polar surface area (TPSA) is 26.3 Å². The molecule has 0 amide bonds. The number of rotatable bonds is 3. The van der Waals surface area contributed by atoms with Gasteiger partial charge in [0.1, 0.15) is 0 Å². The molecule has 0 N–H and O–H groups in total. The molecule has 3 rings (SSSR count). The summed E-state index contributed by atoms with van der Waals surface area (Å²) in [6.45, 7) is 2.80. The van der Waals surface area contributed by atoms with Gasteiger partial charge < -0.3 is 4.74 Å². The molecule has 100 valence electrons. The van der Waals surface area contributed by atoms with E-state index in [1.54, 1.807) is 12.1 Å². The van der Waals surface area contributed by atoms with Crippen LogP contribution in [0, 0.1) is 11.3 Å². The molecule has 1 aromatic rings. The third-order valence-electron chi connectivity index (χ3n) is 4.72. The van der Waals surface area contributed by atoms with Crippen molar-refractivity contribution in [2.24, 2.45) is 11.3 Å². The average molecular weight is 256 g/mol. The van der Waals surface area contributed by atoms with Gasteiger partial charge in [-0.2, -0.15) is 0 Å². The summed E-state index contributed by atoms with van der Waals surface area (Å²) in [4.78, 5) is 11.9. The lowest BCUT2D eigenvalue weighted by atomic mass is 9.84. The first-order valence-corrected chi connectivity index (χ1v) is 7.12. The maximum atomic E-state index is 11.9. The molecule has 0 bridgehead atoms. The lowest BCUT2D eigenvalue weighted by Crippen LogP contribution is -2.15. The Bertz CT molecular complexity index is 503. The quantitative estimate of drug-likeness (QED) is 0.604. The number of esters is 1. The minimum Gasteiger partial charge on any atom is -0.462 e. The van der Waals surface area contributed by atoms with E-state index in [2.05, 4.69) is 13.0 Å². The van der Waals surface area contributed by atoms with Gasteiger partial charge in [0, 0.05) is 5.92 Å². The Labute approximate surface area is 114 Å². The average Bonchev–Trinajstić information content (AvgIpc) is 3.15. The summed E-state index contributed by atoms with van der Waals surface area (Å²) in [5, 5.41) is 0. The first-order valence-electron chi connectivity index (χ1n) is 7.12. The maximum absolute atomic E-state index is 11.9. The Morgan fingerprint density at radius 1 is 1.37 bits per heavy atom. The van der Waals surface area contributed by atoms with Crippen molar-refractivity contribution >= 4 is 5.97 Å². The normalized spacial score (nSPS) is 28.9. The fraction of sp³-hybridized carbons (Fsp3) is 0.471. The van der Waals surface area contributed by atoms with E-state index in [-0.39, 0.29) is 5.97 Å². The first-order chi connectivity index (χ1) is 9.22. The van der Waals surface area contributed by atoms with Crippen LogP contribution in [0.2, 0.25) is 0 Å². The van der Waals surface area contributed by atoms with Crippen LogP contribution in [0.25, 0.3) is 0 Å². The summed E-state index contributed by atoms with van der Waals surface area (Å²) in [7, 11) is 0. The second-order valence-electron chi connectivity index (χ2n) is 5.80. The Balaban J connectivity index is 1.56. The van der Waals surface area contributed by atoms with Gasteiger partial charge in [-0.05, 0) is 50.2 Å². The van der Waals surface area contributed by atoms with Crippen molar-refractivity contribution in [3.8, 4) is 0 Å². The minimum absolute atomic E-state index is 0.194. The second-order valence-corrected chi connectivity index (χ2v) is 5.80. The largest absolute Gasteiger partial charge is 0.462 e. The lowest BCUT2D eigenvalue weighted by Gasteiger charge is -2.22. The minimum atomic E-state index is -0.194. The molecule has 0 aliphatic heterocycles. The van der Waals surface area contributed by atoms with Gasteiger partial charge in [-0.25, -0.2) is 4.79 Å². The molecule has 0 radical (unpaired) electrons. The summed E-state index contributed by atoms with van der Waals surface area (Å²) >= 11 is 0. The number of ether oxygens (including phenoxy) is 1. The van der Waals surface area contributed by atoms with Gasteiger partial charge in [0.25, 0.3) is 0 Å². The molecular formula is C17H20O2. The van der Waals surface area contributed by atoms with Crippen molar-refractivity contribution in [2.75, 3.05) is 6.61 Å². The van der Waals surface area contributed by atoms with Crippen LogP contribution in [0.1, 0.15) is 43.0 Å². The third kappa shape index (κ3) is 2.32. The predicted molar refractivity (Wildman–Crippen MR) is 74.9 cm³/mol. The summed E-state index contributed by atoms with van der Waals surface area (Å²) in [5.74, 6) is 0.344. The summed E-state index contributed by atoms with van der Waals surface area (Å²) in [6, 6.07) is 9.24. The van der Waals surface area contributed by atoms with Crippen LogP contribution < -0.4 is 0 Å². The lowest BCUT2D eigenvalue weighted by molar-refractivity contribution is 0.0471. The molecule has 1 aromatic carbocycles. The van der Waals surface area contributed by atoms with E-state index in [1.807, 2.05) is 18.2 Å². The zero-order chi connectivity index (χ0) is 13.3. The van der Waals surface area contributed by atoms with Crippen molar-refractivity contribution < 1.29 is 9.53 Å². The monoisotopic (exact) mass is 256 g/mol. The molecule has 1 fully saturated rings. The molecule has 19 heavy (non-hydrogen) atoms. The van der Waals surface area contributed by atoms with Crippen LogP contribution in [0.15, 0.2) is 42.0 Å². The number of carbonyl (C=O) groups is 1. The fourth-order valence-electron chi connectivity index (χ4n) is 3.36. The molecule has 2 aliphatic rings. The molecule has 2 aliphatic carbocycles. The van der Waals surface area contributed by atoms with Crippen molar-refractivity contribution in [2.45, 2.75) is 32.6 Å². The van der Waals surface area contributed by atoms with Crippen LogP contribution >= 0.6 is 0 Å². The Morgan fingerprint density at radius 2 is 2.16 bits per heavy atom.